The first-order valence-electron chi connectivity index (χ1n) is 5.51. The van der Waals surface area contributed by atoms with E-state index in [1.54, 1.807) is 18.3 Å². The summed E-state index contributed by atoms with van der Waals surface area (Å²) in [6.07, 6.45) is 1.60. The Morgan fingerprint density at radius 2 is 1.56 bits per heavy atom. The van der Waals surface area contributed by atoms with Crippen LogP contribution >= 0.6 is 0 Å². The Bertz CT molecular complexity index is 537. The van der Waals surface area contributed by atoms with Gasteiger partial charge in [-0.1, -0.05) is 48.5 Å². The standard InChI is InChI=1S/C14H13N3O/c15-14(18)17(13-9-5-2-6-10-13)16-11-12-7-3-1-4-8-12/h1-11H,(H2,15,18)/b16-11+. The van der Waals surface area contributed by atoms with Gasteiger partial charge >= 0.3 is 6.03 Å². The van der Waals surface area contributed by atoms with Gasteiger partial charge < -0.3 is 5.73 Å². The average molecular weight is 239 g/mol. The van der Waals surface area contributed by atoms with Gasteiger partial charge in [0.2, 0.25) is 0 Å². The largest absolute Gasteiger partial charge is 0.350 e. The van der Waals surface area contributed by atoms with Crippen LogP contribution in [0.5, 0.6) is 0 Å². The van der Waals surface area contributed by atoms with Crippen molar-refractivity contribution in [3.05, 3.63) is 66.2 Å². The van der Waals surface area contributed by atoms with Gasteiger partial charge in [-0.3, -0.25) is 0 Å². The molecule has 0 aliphatic heterocycles. The summed E-state index contributed by atoms with van der Waals surface area (Å²) in [6, 6.07) is 17.9. The molecular weight excluding hydrogens is 226 g/mol. The highest BCUT2D eigenvalue weighted by Crippen LogP contribution is 2.13. The number of amides is 2. The van der Waals surface area contributed by atoms with Crippen molar-refractivity contribution in [2.75, 3.05) is 5.01 Å². The molecule has 0 aromatic heterocycles. The molecule has 0 radical (unpaired) electrons. The van der Waals surface area contributed by atoms with Crippen molar-refractivity contribution in [2.24, 2.45) is 10.8 Å². The molecular formula is C14H13N3O. The van der Waals surface area contributed by atoms with Crippen LogP contribution in [0.25, 0.3) is 0 Å². The second-order valence-corrected chi connectivity index (χ2v) is 3.64. The summed E-state index contributed by atoms with van der Waals surface area (Å²) in [5.74, 6) is 0. The highest BCUT2D eigenvalue weighted by atomic mass is 16.2. The minimum absolute atomic E-state index is 0.617. The van der Waals surface area contributed by atoms with E-state index >= 15 is 0 Å². The summed E-state index contributed by atoms with van der Waals surface area (Å²) < 4.78 is 0. The van der Waals surface area contributed by atoms with Crippen LogP contribution in [-0.4, -0.2) is 12.2 Å². The van der Waals surface area contributed by atoms with Crippen LogP contribution in [0.4, 0.5) is 10.5 Å². The molecule has 0 bridgehead atoms. The Balaban J connectivity index is 2.23. The third-order valence-corrected chi connectivity index (χ3v) is 2.33. The van der Waals surface area contributed by atoms with E-state index in [0.717, 1.165) is 10.6 Å². The van der Waals surface area contributed by atoms with E-state index in [1.807, 2.05) is 48.5 Å². The van der Waals surface area contributed by atoms with Gasteiger partial charge in [-0.2, -0.15) is 10.1 Å². The van der Waals surface area contributed by atoms with Gasteiger partial charge in [0.05, 0.1) is 11.9 Å². The van der Waals surface area contributed by atoms with Crippen LogP contribution in [0.2, 0.25) is 0 Å². The zero-order valence-electron chi connectivity index (χ0n) is 9.73. The smallest absolute Gasteiger partial charge is 0.340 e. The Labute approximate surface area is 105 Å². The summed E-state index contributed by atoms with van der Waals surface area (Å²) in [5, 5.41) is 5.26. The normalized spacial score (nSPS) is 10.4. The minimum atomic E-state index is -0.617. The molecule has 2 aromatic rings. The summed E-state index contributed by atoms with van der Waals surface area (Å²) in [7, 11) is 0. The van der Waals surface area contributed by atoms with Gasteiger partial charge in [0, 0.05) is 0 Å². The lowest BCUT2D eigenvalue weighted by molar-refractivity contribution is 0.254. The molecule has 0 fully saturated rings. The molecule has 2 rings (SSSR count). The predicted molar refractivity (Wildman–Crippen MR) is 72.5 cm³/mol. The Morgan fingerprint density at radius 3 is 2.11 bits per heavy atom. The van der Waals surface area contributed by atoms with Crippen LogP contribution in [-0.2, 0) is 0 Å². The number of carbonyl (C=O) groups excluding carboxylic acids is 1. The van der Waals surface area contributed by atoms with Gasteiger partial charge in [0.25, 0.3) is 0 Å². The maximum Gasteiger partial charge on any atom is 0.340 e. The van der Waals surface area contributed by atoms with Crippen LogP contribution in [0.1, 0.15) is 5.56 Å². The number of primary amides is 1. The minimum Gasteiger partial charge on any atom is -0.350 e. The van der Waals surface area contributed by atoms with E-state index < -0.39 is 6.03 Å². The van der Waals surface area contributed by atoms with Crippen LogP contribution in [0, 0.1) is 0 Å². The average Bonchev–Trinajstić information content (AvgIpc) is 2.41. The first kappa shape index (κ1) is 11.9. The Kier molecular flexibility index (Phi) is 3.71. The fraction of sp³-hybridized carbons (Fsp3) is 0. The zero-order valence-corrected chi connectivity index (χ0v) is 9.73. The number of urea groups is 1. The number of hydrogen-bond acceptors (Lipinski definition) is 2. The number of anilines is 1. The maximum absolute atomic E-state index is 11.4. The molecule has 2 amide bonds. The van der Waals surface area contributed by atoms with Gasteiger partial charge in [-0.25, -0.2) is 4.79 Å². The Hall–Kier alpha value is -2.62. The molecule has 4 heteroatoms. The number of hydrogen-bond donors (Lipinski definition) is 1. The molecule has 4 nitrogen and oxygen atoms in total. The third kappa shape index (κ3) is 2.95. The molecule has 2 N–H and O–H groups in total. The molecule has 18 heavy (non-hydrogen) atoms. The van der Waals surface area contributed by atoms with Crippen molar-refractivity contribution in [3.63, 3.8) is 0 Å². The lowest BCUT2D eigenvalue weighted by atomic mass is 10.2. The Morgan fingerprint density at radius 1 is 1.00 bits per heavy atom. The topological polar surface area (TPSA) is 58.7 Å². The first-order chi connectivity index (χ1) is 8.77. The van der Waals surface area contributed by atoms with Crippen molar-refractivity contribution < 1.29 is 4.79 Å². The van der Waals surface area contributed by atoms with Crippen LogP contribution < -0.4 is 10.7 Å². The van der Waals surface area contributed by atoms with Gasteiger partial charge in [-0.05, 0) is 17.7 Å². The van der Waals surface area contributed by atoms with Crippen molar-refractivity contribution in [2.45, 2.75) is 0 Å². The van der Waals surface area contributed by atoms with E-state index in [1.165, 1.54) is 0 Å². The summed E-state index contributed by atoms with van der Waals surface area (Å²) >= 11 is 0. The second-order valence-electron chi connectivity index (χ2n) is 3.64. The lowest BCUT2D eigenvalue weighted by Crippen LogP contribution is -2.31. The second kappa shape index (κ2) is 5.63. The van der Waals surface area contributed by atoms with E-state index in [4.69, 9.17) is 5.73 Å². The predicted octanol–water partition coefficient (Wildman–Crippen LogP) is 2.61. The summed E-state index contributed by atoms with van der Waals surface area (Å²) in [4.78, 5) is 11.4. The fourth-order valence-electron chi connectivity index (χ4n) is 1.48. The van der Waals surface area contributed by atoms with E-state index in [2.05, 4.69) is 5.10 Å². The van der Waals surface area contributed by atoms with E-state index in [0.29, 0.717) is 5.69 Å². The zero-order chi connectivity index (χ0) is 12.8. The number of rotatable bonds is 3. The highest BCUT2D eigenvalue weighted by Gasteiger charge is 2.09. The van der Waals surface area contributed by atoms with Gasteiger partial charge in [0.1, 0.15) is 0 Å². The lowest BCUT2D eigenvalue weighted by Gasteiger charge is -2.13. The molecule has 0 aliphatic carbocycles. The molecule has 0 saturated carbocycles. The maximum atomic E-state index is 11.4. The molecule has 2 aromatic carbocycles. The quantitative estimate of drug-likeness (QED) is 0.649. The van der Waals surface area contributed by atoms with Gasteiger partial charge in [-0.15, -0.1) is 0 Å². The van der Waals surface area contributed by atoms with Crippen molar-refractivity contribution in [3.8, 4) is 0 Å². The van der Waals surface area contributed by atoms with Crippen molar-refractivity contribution >= 4 is 17.9 Å². The molecule has 90 valence electrons. The summed E-state index contributed by atoms with van der Waals surface area (Å²) in [6.45, 7) is 0. The van der Waals surface area contributed by atoms with E-state index in [9.17, 15) is 4.79 Å². The monoisotopic (exact) mass is 239 g/mol. The highest BCUT2D eigenvalue weighted by molar-refractivity contribution is 5.92. The molecule has 0 aliphatic rings. The number of benzene rings is 2. The molecule has 0 heterocycles. The fourth-order valence-corrected chi connectivity index (χ4v) is 1.48. The van der Waals surface area contributed by atoms with Crippen molar-refractivity contribution in [1.82, 2.24) is 0 Å². The summed E-state index contributed by atoms with van der Waals surface area (Å²) in [5.41, 5.74) is 6.84. The van der Waals surface area contributed by atoms with Crippen LogP contribution in [0.15, 0.2) is 65.8 Å². The number of nitrogens with two attached hydrogens (primary N) is 1. The SMILES string of the molecule is NC(=O)N(/N=C/c1ccccc1)c1ccccc1. The van der Waals surface area contributed by atoms with E-state index in [-0.39, 0.29) is 0 Å². The first-order valence-corrected chi connectivity index (χ1v) is 5.51. The number of nitrogens with zero attached hydrogens (tertiary/aromatic N) is 2. The molecule has 0 atom stereocenters. The molecule has 0 saturated heterocycles. The molecule has 0 unspecified atom stereocenters. The van der Waals surface area contributed by atoms with Crippen molar-refractivity contribution in [1.29, 1.82) is 0 Å². The number of para-hydroxylation sites is 1. The van der Waals surface area contributed by atoms with Gasteiger partial charge in [0.15, 0.2) is 0 Å². The molecule has 0 spiro atoms. The van der Waals surface area contributed by atoms with Crippen LogP contribution in [0.3, 0.4) is 0 Å². The number of carbonyl (C=O) groups is 1. The number of hydrazone groups is 1. The third-order valence-electron chi connectivity index (χ3n) is 2.33.